The first-order valence-corrected chi connectivity index (χ1v) is 4.54. The van der Waals surface area contributed by atoms with Gasteiger partial charge in [-0.15, -0.1) is 0 Å². The molecule has 0 amide bonds. The van der Waals surface area contributed by atoms with Crippen molar-refractivity contribution < 1.29 is 5.11 Å². The zero-order chi connectivity index (χ0) is 9.84. The molecule has 1 rings (SSSR count). The molecule has 0 unspecified atom stereocenters. The molecule has 3 nitrogen and oxygen atoms in total. The van der Waals surface area contributed by atoms with Crippen LogP contribution in [0.25, 0.3) is 0 Å². The van der Waals surface area contributed by atoms with Gasteiger partial charge in [0.05, 0.1) is 18.2 Å². The second-order valence-corrected chi connectivity index (χ2v) is 3.49. The van der Waals surface area contributed by atoms with Gasteiger partial charge < -0.3 is 10.8 Å². The quantitative estimate of drug-likeness (QED) is 0.820. The molecule has 0 radical (unpaired) electrons. The van der Waals surface area contributed by atoms with Gasteiger partial charge in [0, 0.05) is 4.47 Å². The molecular formula is C9H9BrN2O. The predicted octanol–water partition coefficient (Wildman–Crippen LogP) is 1.31. The normalized spacial score (nSPS) is 12.2. The lowest BCUT2D eigenvalue weighted by atomic mass is 10.1. The lowest BCUT2D eigenvalue weighted by Crippen LogP contribution is -2.14. The standard InChI is InChI=1S/C9H9BrN2O/c10-8-3-6(9(12)5-13)1-2-7(8)4-11/h1-3,9,13H,5,12H2/t9-/m1/s1. The number of nitrogens with zero attached hydrogens (tertiary/aromatic N) is 1. The van der Waals surface area contributed by atoms with Gasteiger partial charge in [0.2, 0.25) is 0 Å². The molecular weight excluding hydrogens is 232 g/mol. The third kappa shape index (κ3) is 2.28. The van der Waals surface area contributed by atoms with Gasteiger partial charge in [-0.2, -0.15) is 5.26 Å². The van der Waals surface area contributed by atoms with Crippen LogP contribution in [0.4, 0.5) is 0 Å². The first-order valence-electron chi connectivity index (χ1n) is 3.75. The minimum absolute atomic E-state index is 0.0989. The van der Waals surface area contributed by atoms with Gasteiger partial charge in [0.25, 0.3) is 0 Å². The van der Waals surface area contributed by atoms with Crippen molar-refractivity contribution in [2.24, 2.45) is 5.73 Å². The molecule has 0 fully saturated rings. The van der Waals surface area contributed by atoms with E-state index in [2.05, 4.69) is 15.9 Å². The highest BCUT2D eigenvalue weighted by Gasteiger charge is 2.06. The molecule has 1 aromatic carbocycles. The number of rotatable bonds is 2. The van der Waals surface area contributed by atoms with Crippen LogP contribution in [0.5, 0.6) is 0 Å². The van der Waals surface area contributed by atoms with E-state index in [0.717, 1.165) is 5.56 Å². The Morgan fingerprint density at radius 1 is 1.62 bits per heavy atom. The van der Waals surface area contributed by atoms with E-state index < -0.39 is 0 Å². The zero-order valence-electron chi connectivity index (χ0n) is 6.87. The van der Waals surface area contributed by atoms with Crippen molar-refractivity contribution in [2.75, 3.05) is 6.61 Å². The number of halogens is 1. The van der Waals surface area contributed by atoms with Gasteiger partial charge in [-0.25, -0.2) is 0 Å². The van der Waals surface area contributed by atoms with Crippen LogP contribution in [0.3, 0.4) is 0 Å². The smallest absolute Gasteiger partial charge is 0.100 e. The van der Waals surface area contributed by atoms with Crippen molar-refractivity contribution in [3.8, 4) is 6.07 Å². The maximum atomic E-state index is 8.80. The van der Waals surface area contributed by atoms with E-state index in [1.807, 2.05) is 6.07 Å². The Kier molecular flexibility index (Phi) is 3.43. The van der Waals surface area contributed by atoms with Crippen molar-refractivity contribution in [1.82, 2.24) is 0 Å². The summed E-state index contributed by atoms with van der Waals surface area (Å²) in [6.07, 6.45) is 0. The van der Waals surface area contributed by atoms with Gasteiger partial charge >= 0.3 is 0 Å². The molecule has 0 saturated carbocycles. The summed E-state index contributed by atoms with van der Waals surface area (Å²) < 4.78 is 0.705. The van der Waals surface area contributed by atoms with Crippen LogP contribution >= 0.6 is 15.9 Å². The van der Waals surface area contributed by atoms with Gasteiger partial charge in [-0.3, -0.25) is 0 Å². The number of aliphatic hydroxyl groups is 1. The maximum absolute atomic E-state index is 8.80. The second kappa shape index (κ2) is 4.38. The van der Waals surface area contributed by atoms with E-state index in [0.29, 0.717) is 10.0 Å². The number of nitriles is 1. The lowest BCUT2D eigenvalue weighted by Gasteiger charge is -2.08. The molecule has 0 bridgehead atoms. The molecule has 0 aromatic heterocycles. The molecule has 3 N–H and O–H groups in total. The van der Waals surface area contributed by atoms with Crippen LogP contribution in [-0.2, 0) is 0 Å². The Hall–Kier alpha value is -0.890. The third-order valence-corrected chi connectivity index (χ3v) is 2.39. The first-order chi connectivity index (χ1) is 6.19. The summed E-state index contributed by atoms with van der Waals surface area (Å²) in [5.74, 6) is 0. The molecule has 0 aliphatic heterocycles. The molecule has 4 heteroatoms. The van der Waals surface area contributed by atoms with E-state index in [4.69, 9.17) is 16.1 Å². The van der Waals surface area contributed by atoms with Gasteiger partial charge in [-0.1, -0.05) is 6.07 Å². The number of hydrogen-bond acceptors (Lipinski definition) is 3. The largest absolute Gasteiger partial charge is 0.394 e. The van der Waals surface area contributed by atoms with E-state index >= 15 is 0 Å². The van der Waals surface area contributed by atoms with Crippen molar-refractivity contribution in [3.63, 3.8) is 0 Å². The van der Waals surface area contributed by atoms with Gasteiger partial charge in [0.1, 0.15) is 6.07 Å². The summed E-state index contributed by atoms with van der Waals surface area (Å²) in [5.41, 5.74) is 6.98. The predicted molar refractivity (Wildman–Crippen MR) is 52.9 cm³/mol. The number of aliphatic hydroxyl groups excluding tert-OH is 1. The van der Waals surface area contributed by atoms with Crippen LogP contribution in [-0.4, -0.2) is 11.7 Å². The lowest BCUT2D eigenvalue weighted by molar-refractivity contribution is 0.268. The third-order valence-electron chi connectivity index (χ3n) is 1.74. The fourth-order valence-corrected chi connectivity index (χ4v) is 1.44. The Morgan fingerprint density at radius 2 is 2.31 bits per heavy atom. The van der Waals surface area contributed by atoms with Crippen LogP contribution < -0.4 is 5.73 Å². The van der Waals surface area contributed by atoms with E-state index in [1.165, 1.54) is 0 Å². The van der Waals surface area contributed by atoms with Crippen LogP contribution in [0.2, 0.25) is 0 Å². The fourth-order valence-electron chi connectivity index (χ4n) is 0.958. The summed E-state index contributed by atoms with van der Waals surface area (Å²) in [5, 5.41) is 17.4. The molecule has 0 aliphatic rings. The number of hydrogen-bond donors (Lipinski definition) is 2. The molecule has 0 spiro atoms. The first kappa shape index (κ1) is 10.2. The number of nitrogens with two attached hydrogens (primary N) is 1. The van der Waals surface area contributed by atoms with E-state index in [9.17, 15) is 0 Å². The maximum Gasteiger partial charge on any atom is 0.100 e. The molecule has 0 heterocycles. The van der Waals surface area contributed by atoms with Crippen molar-refractivity contribution in [1.29, 1.82) is 5.26 Å². The molecule has 1 atom stereocenters. The summed E-state index contributed by atoms with van der Waals surface area (Å²) in [4.78, 5) is 0. The molecule has 13 heavy (non-hydrogen) atoms. The molecule has 68 valence electrons. The van der Waals surface area contributed by atoms with Crippen molar-refractivity contribution in [3.05, 3.63) is 33.8 Å². The Balaban J connectivity index is 3.04. The number of benzene rings is 1. The van der Waals surface area contributed by atoms with Gasteiger partial charge in [0.15, 0.2) is 0 Å². The highest BCUT2D eigenvalue weighted by Crippen LogP contribution is 2.20. The summed E-state index contributed by atoms with van der Waals surface area (Å²) in [6.45, 7) is -0.0989. The fraction of sp³-hybridized carbons (Fsp3) is 0.222. The minimum Gasteiger partial charge on any atom is -0.394 e. The molecule has 1 aromatic rings. The highest BCUT2D eigenvalue weighted by molar-refractivity contribution is 9.10. The summed E-state index contributed by atoms with van der Waals surface area (Å²) in [7, 11) is 0. The van der Waals surface area contributed by atoms with E-state index in [-0.39, 0.29) is 12.6 Å². The Labute approximate surface area is 84.9 Å². The SMILES string of the molecule is N#Cc1ccc([C@H](N)CO)cc1Br. The van der Waals surface area contributed by atoms with Gasteiger partial charge in [-0.05, 0) is 33.6 Å². The minimum atomic E-state index is -0.385. The van der Waals surface area contributed by atoms with Crippen LogP contribution in [0.1, 0.15) is 17.2 Å². The van der Waals surface area contributed by atoms with E-state index in [1.54, 1.807) is 18.2 Å². The average Bonchev–Trinajstić information content (AvgIpc) is 2.16. The summed E-state index contributed by atoms with van der Waals surface area (Å²) >= 11 is 3.25. The van der Waals surface area contributed by atoms with Crippen LogP contribution in [0.15, 0.2) is 22.7 Å². The monoisotopic (exact) mass is 240 g/mol. The zero-order valence-corrected chi connectivity index (χ0v) is 8.45. The average molecular weight is 241 g/mol. The van der Waals surface area contributed by atoms with Crippen LogP contribution in [0, 0.1) is 11.3 Å². The highest BCUT2D eigenvalue weighted by atomic mass is 79.9. The summed E-state index contributed by atoms with van der Waals surface area (Å²) in [6, 6.07) is 6.81. The Morgan fingerprint density at radius 3 is 2.77 bits per heavy atom. The molecule has 0 aliphatic carbocycles. The van der Waals surface area contributed by atoms with Crippen molar-refractivity contribution >= 4 is 15.9 Å². The second-order valence-electron chi connectivity index (χ2n) is 2.64. The Bertz CT molecular complexity index is 346. The molecule has 0 saturated heterocycles. The topological polar surface area (TPSA) is 70.0 Å². The van der Waals surface area contributed by atoms with Crippen molar-refractivity contribution in [2.45, 2.75) is 6.04 Å².